The molecule has 3 heterocycles. The third kappa shape index (κ3) is 4.24. The normalized spacial score (nSPS) is 22.3. The molecule has 1 aromatic rings. The van der Waals surface area contributed by atoms with Crippen molar-refractivity contribution in [2.45, 2.75) is 50.7 Å². The molecule has 0 spiro atoms. The zero-order valence-electron chi connectivity index (χ0n) is 14.7. The van der Waals surface area contributed by atoms with Crippen molar-refractivity contribution in [1.29, 1.82) is 0 Å². The van der Waals surface area contributed by atoms with E-state index in [1.165, 1.54) is 25.7 Å². The lowest BCUT2D eigenvalue weighted by atomic mass is 10.1. The van der Waals surface area contributed by atoms with Gasteiger partial charge in [0.15, 0.2) is 0 Å². The first kappa shape index (κ1) is 17.6. The van der Waals surface area contributed by atoms with Crippen molar-refractivity contribution in [3.63, 3.8) is 0 Å². The lowest BCUT2D eigenvalue weighted by Gasteiger charge is -2.30. The first-order valence-corrected chi connectivity index (χ1v) is 10.5. The number of rotatable bonds is 4. The number of piperidine rings is 1. The van der Waals surface area contributed by atoms with Crippen LogP contribution in [0.15, 0.2) is 18.3 Å². The average Bonchev–Trinajstić information content (AvgIpc) is 2.88. The fourth-order valence-electron chi connectivity index (χ4n) is 3.75. The molecule has 0 aliphatic carbocycles. The van der Waals surface area contributed by atoms with Crippen LogP contribution in [0, 0.1) is 0 Å². The largest absolute Gasteiger partial charge is 0.355 e. The summed E-state index contributed by atoms with van der Waals surface area (Å²) in [6, 6.07) is 3.86. The van der Waals surface area contributed by atoms with E-state index in [0.717, 1.165) is 56.2 Å². The monoisotopic (exact) mass is 347 g/mol. The standard InChI is InChI=1S/C19H29N3OS/c1-2-24-16-9-4-7-14-22(15-16)18-17(10-8-11-20-18)19(23)21-12-5-3-6-13-21/h8,10-11,16H,2-7,9,12-15H2,1H3. The first-order chi connectivity index (χ1) is 11.8. The highest BCUT2D eigenvalue weighted by molar-refractivity contribution is 7.99. The molecule has 1 unspecified atom stereocenters. The van der Waals surface area contributed by atoms with E-state index in [-0.39, 0.29) is 5.91 Å². The van der Waals surface area contributed by atoms with Crippen LogP contribution in [0.25, 0.3) is 0 Å². The highest BCUT2D eigenvalue weighted by atomic mass is 32.2. The second-order valence-electron chi connectivity index (χ2n) is 6.75. The molecule has 2 aliphatic rings. The second-order valence-corrected chi connectivity index (χ2v) is 8.32. The van der Waals surface area contributed by atoms with Crippen LogP contribution >= 0.6 is 11.8 Å². The molecule has 5 heteroatoms. The molecule has 2 saturated heterocycles. The number of anilines is 1. The van der Waals surface area contributed by atoms with Crippen molar-refractivity contribution in [3.8, 4) is 0 Å². The molecule has 1 atom stereocenters. The number of hydrogen-bond acceptors (Lipinski definition) is 4. The summed E-state index contributed by atoms with van der Waals surface area (Å²) in [6.45, 7) is 6.03. The van der Waals surface area contributed by atoms with E-state index in [0.29, 0.717) is 5.25 Å². The fourth-order valence-corrected chi connectivity index (χ4v) is 4.84. The Kier molecular flexibility index (Phi) is 6.41. The molecule has 0 bridgehead atoms. The van der Waals surface area contributed by atoms with Gasteiger partial charge in [-0.2, -0.15) is 11.8 Å². The summed E-state index contributed by atoms with van der Waals surface area (Å²) < 4.78 is 0. The summed E-state index contributed by atoms with van der Waals surface area (Å²) in [4.78, 5) is 22.0. The van der Waals surface area contributed by atoms with E-state index in [2.05, 4.69) is 16.8 Å². The maximum Gasteiger partial charge on any atom is 0.257 e. The molecule has 1 amide bonds. The number of hydrogen-bond donors (Lipinski definition) is 0. The number of pyridine rings is 1. The minimum absolute atomic E-state index is 0.168. The van der Waals surface area contributed by atoms with Crippen molar-refractivity contribution >= 4 is 23.5 Å². The quantitative estimate of drug-likeness (QED) is 0.830. The first-order valence-electron chi connectivity index (χ1n) is 9.40. The summed E-state index contributed by atoms with van der Waals surface area (Å²) in [5.41, 5.74) is 0.793. The van der Waals surface area contributed by atoms with Crippen LogP contribution in [0.3, 0.4) is 0 Å². The van der Waals surface area contributed by atoms with Crippen molar-refractivity contribution in [2.75, 3.05) is 36.8 Å². The molecule has 0 saturated carbocycles. The summed E-state index contributed by atoms with van der Waals surface area (Å²) in [5.74, 6) is 2.22. The zero-order chi connectivity index (χ0) is 16.8. The Balaban J connectivity index is 1.80. The zero-order valence-corrected chi connectivity index (χ0v) is 15.6. The van der Waals surface area contributed by atoms with Gasteiger partial charge in [-0.25, -0.2) is 4.98 Å². The predicted molar refractivity (Wildman–Crippen MR) is 102 cm³/mol. The minimum atomic E-state index is 0.168. The Morgan fingerprint density at radius 3 is 2.79 bits per heavy atom. The smallest absolute Gasteiger partial charge is 0.257 e. The predicted octanol–water partition coefficient (Wildman–Crippen LogP) is 3.82. The van der Waals surface area contributed by atoms with Crippen LogP contribution in [-0.4, -0.2) is 53.0 Å². The summed E-state index contributed by atoms with van der Waals surface area (Å²) in [5, 5.41) is 0.650. The molecule has 0 radical (unpaired) electrons. The van der Waals surface area contributed by atoms with Crippen molar-refractivity contribution < 1.29 is 4.79 Å². The van der Waals surface area contributed by atoms with Gasteiger partial charge in [0.2, 0.25) is 0 Å². The molecule has 24 heavy (non-hydrogen) atoms. The van der Waals surface area contributed by atoms with Gasteiger partial charge in [0.1, 0.15) is 5.82 Å². The highest BCUT2D eigenvalue weighted by Gasteiger charge is 2.26. The Morgan fingerprint density at radius 1 is 1.21 bits per heavy atom. The summed E-state index contributed by atoms with van der Waals surface area (Å²) in [6.07, 6.45) is 9.06. The van der Waals surface area contributed by atoms with Gasteiger partial charge in [-0.15, -0.1) is 0 Å². The Bertz CT molecular complexity index is 545. The van der Waals surface area contributed by atoms with Gasteiger partial charge in [-0.05, 0) is 50.0 Å². The van der Waals surface area contributed by atoms with Crippen molar-refractivity contribution in [2.24, 2.45) is 0 Å². The van der Waals surface area contributed by atoms with E-state index in [4.69, 9.17) is 0 Å². The number of carbonyl (C=O) groups excluding carboxylic acids is 1. The second kappa shape index (κ2) is 8.75. The van der Waals surface area contributed by atoms with E-state index in [1.807, 2.05) is 35.0 Å². The van der Waals surface area contributed by atoms with Crippen LogP contribution in [0.5, 0.6) is 0 Å². The number of nitrogens with zero attached hydrogens (tertiary/aromatic N) is 3. The van der Waals surface area contributed by atoms with Gasteiger partial charge in [0.25, 0.3) is 5.91 Å². The van der Waals surface area contributed by atoms with Crippen LogP contribution in [-0.2, 0) is 0 Å². The molecule has 0 N–H and O–H groups in total. The Hall–Kier alpha value is -1.23. The highest BCUT2D eigenvalue weighted by Crippen LogP contribution is 2.27. The van der Waals surface area contributed by atoms with Crippen LogP contribution in [0.2, 0.25) is 0 Å². The topological polar surface area (TPSA) is 36.4 Å². The maximum absolute atomic E-state index is 13.0. The van der Waals surface area contributed by atoms with E-state index >= 15 is 0 Å². The molecule has 4 nitrogen and oxygen atoms in total. The molecular formula is C19H29N3OS. The number of thioether (sulfide) groups is 1. The van der Waals surface area contributed by atoms with Gasteiger partial charge < -0.3 is 9.80 Å². The summed E-state index contributed by atoms with van der Waals surface area (Å²) >= 11 is 2.04. The van der Waals surface area contributed by atoms with Gasteiger partial charge in [0.05, 0.1) is 5.56 Å². The van der Waals surface area contributed by atoms with E-state index in [1.54, 1.807) is 0 Å². The lowest BCUT2D eigenvalue weighted by Crippen LogP contribution is -2.38. The van der Waals surface area contributed by atoms with E-state index < -0.39 is 0 Å². The third-order valence-corrected chi connectivity index (χ3v) is 6.18. The molecule has 2 aliphatic heterocycles. The maximum atomic E-state index is 13.0. The van der Waals surface area contributed by atoms with Crippen LogP contribution in [0.1, 0.15) is 55.8 Å². The number of amides is 1. The Labute approximate surface area is 150 Å². The van der Waals surface area contributed by atoms with Gasteiger partial charge in [-0.1, -0.05) is 13.3 Å². The number of carbonyl (C=O) groups is 1. The molecule has 3 rings (SSSR count). The fraction of sp³-hybridized carbons (Fsp3) is 0.684. The molecule has 0 aromatic carbocycles. The molecule has 2 fully saturated rings. The minimum Gasteiger partial charge on any atom is -0.355 e. The van der Waals surface area contributed by atoms with Gasteiger partial charge in [0, 0.05) is 37.6 Å². The van der Waals surface area contributed by atoms with E-state index in [9.17, 15) is 4.79 Å². The molecule has 1 aromatic heterocycles. The third-order valence-electron chi connectivity index (χ3n) is 4.99. The van der Waals surface area contributed by atoms with Gasteiger partial charge >= 0.3 is 0 Å². The Morgan fingerprint density at radius 2 is 2.00 bits per heavy atom. The molecular weight excluding hydrogens is 318 g/mol. The number of likely N-dealkylation sites (tertiary alicyclic amines) is 1. The van der Waals surface area contributed by atoms with Gasteiger partial charge in [-0.3, -0.25) is 4.79 Å². The average molecular weight is 348 g/mol. The summed E-state index contributed by atoms with van der Waals surface area (Å²) in [7, 11) is 0. The van der Waals surface area contributed by atoms with Crippen molar-refractivity contribution in [1.82, 2.24) is 9.88 Å². The van der Waals surface area contributed by atoms with Crippen LogP contribution in [0.4, 0.5) is 5.82 Å². The SMILES string of the molecule is CCSC1CCCCN(c2ncccc2C(=O)N2CCCCC2)C1. The molecule has 132 valence electrons. The number of aromatic nitrogens is 1. The van der Waals surface area contributed by atoms with Crippen LogP contribution < -0.4 is 4.90 Å². The lowest BCUT2D eigenvalue weighted by molar-refractivity contribution is 0.0724. The van der Waals surface area contributed by atoms with Crippen molar-refractivity contribution in [3.05, 3.63) is 23.9 Å².